The van der Waals surface area contributed by atoms with Crippen molar-refractivity contribution in [1.29, 1.82) is 0 Å². The second kappa shape index (κ2) is 10.4. The smallest absolute Gasteiger partial charge is 0.164 e. The Balaban J connectivity index is 1.22. The van der Waals surface area contributed by atoms with E-state index in [1.807, 2.05) is 30.5 Å². The number of benzene rings is 6. The number of hydrogen-bond donors (Lipinski definition) is 0. The van der Waals surface area contributed by atoms with Crippen LogP contribution < -0.4 is 0 Å². The zero-order valence-electron chi connectivity index (χ0n) is 25.6. The van der Waals surface area contributed by atoms with Crippen molar-refractivity contribution in [2.45, 2.75) is 0 Å². The van der Waals surface area contributed by atoms with Gasteiger partial charge in [0.25, 0.3) is 0 Å². The molecule has 0 N–H and O–H groups in total. The van der Waals surface area contributed by atoms with Crippen molar-refractivity contribution in [3.05, 3.63) is 152 Å². The van der Waals surface area contributed by atoms with Crippen LogP contribution in [-0.2, 0) is 0 Å². The highest BCUT2D eigenvalue weighted by Gasteiger charge is 2.19. The van der Waals surface area contributed by atoms with E-state index < -0.39 is 0 Å². The molecule has 6 aromatic carbocycles. The van der Waals surface area contributed by atoms with E-state index in [0.29, 0.717) is 17.5 Å². The molecule has 0 aliphatic rings. The van der Waals surface area contributed by atoms with Crippen molar-refractivity contribution in [2.24, 2.45) is 0 Å². The quantitative estimate of drug-likeness (QED) is 0.197. The van der Waals surface area contributed by atoms with Crippen molar-refractivity contribution >= 4 is 54.5 Å². The van der Waals surface area contributed by atoms with Crippen LogP contribution >= 0.6 is 0 Å². The lowest BCUT2D eigenvalue weighted by molar-refractivity contribution is 0.668. The molecule has 0 unspecified atom stereocenters. The fourth-order valence-electron chi connectivity index (χ4n) is 6.93. The first kappa shape index (κ1) is 26.5. The van der Waals surface area contributed by atoms with Gasteiger partial charge in [-0.05, 0) is 53.2 Å². The van der Waals surface area contributed by atoms with Crippen LogP contribution in [0.15, 0.2) is 156 Å². The Bertz CT molecular complexity index is 2810. The molecule has 0 amide bonds. The molecule has 0 aliphatic carbocycles. The summed E-state index contributed by atoms with van der Waals surface area (Å²) in [6, 6.07) is 48.1. The van der Waals surface area contributed by atoms with Crippen molar-refractivity contribution in [3.63, 3.8) is 0 Å². The Morgan fingerprint density at radius 1 is 0.479 bits per heavy atom. The summed E-state index contributed by atoms with van der Waals surface area (Å²) in [5, 5.41) is 6.58. The van der Waals surface area contributed by atoms with Gasteiger partial charge in [0, 0.05) is 56.3 Å². The number of aromatic nitrogens is 5. The highest BCUT2D eigenvalue weighted by atomic mass is 16.3. The second-order valence-electron chi connectivity index (χ2n) is 11.9. The third-order valence-electron chi connectivity index (χ3n) is 9.12. The number of pyridine rings is 1. The molecule has 0 bridgehead atoms. The van der Waals surface area contributed by atoms with E-state index in [9.17, 15) is 0 Å². The Kier molecular flexibility index (Phi) is 5.77. The lowest BCUT2D eigenvalue weighted by atomic mass is 10.1. The van der Waals surface area contributed by atoms with Crippen LogP contribution in [0.4, 0.5) is 0 Å². The zero-order valence-corrected chi connectivity index (χ0v) is 25.6. The molecular formula is C42H25N5O. The summed E-state index contributed by atoms with van der Waals surface area (Å²) in [6.45, 7) is 0. The Hall–Kier alpha value is -6.66. The van der Waals surface area contributed by atoms with E-state index >= 15 is 0 Å². The van der Waals surface area contributed by atoms with Gasteiger partial charge in [-0.1, -0.05) is 97.1 Å². The molecule has 0 saturated carbocycles. The predicted octanol–water partition coefficient (Wildman–Crippen LogP) is 10.4. The van der Waals surface area contributed by atoms with Crippen LogP contribution in [-0.4, -0.2) is 24.5 Å². The van der Waals surface area contributed by atoms with Crippen molar-refractivity contribution in [1.82, 2.24) is 24.5 Å². The van der Waals surface area contributed by atoms with Gasteiger partial charge in [0.05, 0.1) is 11.0 Å². The summed E-state index contributed by atoms with van der Waals surface area (Å²) in [5.74, 6) is 1.77. The highest BCUT2D eigenvalue weighted by molar-refractivity contribution is 6.11. The SMILES string of the molecule is c1cc(-c2nc(-c3ccc4ccccc4c3)nc(-c3cccc4oc5ccncc5c34)n2)cc(-n2c3ccccc3c3ccccc32)c1. The Morgan fingerprint density at radius 3 is 1.98 bits per heavy atom. The van der Waals surface area contributed by atoms with Gasteiger partial charge in [-0.3, -0.25) is 4.98 Å². The van der Waals surface area contributed by atoms with Crippen LogP contribution in [0.2, 0.25) is 0 Å². The number of furan rings is 1. The van der Waals surface area contributed by atoms with Gasteiger partial charge in [-0.25, -0.2) is 15.0 Å². The molecule has 0 atom stereocenters. The van der Waals surface area contributed by atoms with Gasteiger partial charge in [-0.2, -0.15) is 0 Å². The molecule has 4 aromatic heterocycles. The summed E-state index contributed by atoms with van der Waals surface area (Å²) in [5.41, 5.74) is 7.55. The maximum absolute atomic E-state index is 6.21. The average Bonchev–Trinajstić information content (AvgIpc) is 3.71. The summed E-state index contributed by atoms with van der Waals surface area (Å²) >= 11 is 0. The van der Waals surface area contributed by atoms with Gasteiger partial charge in [0.2, 0.25) is 0 Å². The highest BCUT2D eigenvalue weighted by Crippen LogP contribution is 2.37. The second-order valence-corrected chi connectivity index (χ2v) is 11.9. The molecule has 48 heavy (non-hydrogen) atoms. The third kappa shape index (κ3) is 4.13. The first-order valence-electron chi connectivity index (χ1n) is 15.9. The molecule has 0 aliphatic heterocycles. The maximum Gasteiger partial charge on any atom is 0.164 e. The molecule has 224 valence electrons. The maximum atomic E-state index is 6.21. The molecule has 0 fully saturated rings. The molecular weight excluding hydrogens is 590 g/mol. The van der Waals surface area contributed by atoms with Crippen LogP contribution in [0, 0.1) is 0 Å². The minimum absolute atomic E-state index is 0.572. The van der Waals surface area contributed by atoms with E-state index in [4.69, 9.17) is 19.4 Å². The standard InChI is InChI=1S/C42H25N5O/c1-2-10-27-23-29(20-19-26(27)9-1)41-44-40(45-42(46-41)33-15-8-18-38-39(33)34-25-43-22-21-37(34)48-38)28-11-7-12-30(24-28)47-35-16-5-3-13-31(35)32-14-4-6-17-36(32)47/h1-25H. The minimum atomic E-state index is 0.572. The zero-order chi connectivity index (χ0) is 31.6. The normalized spacial score (nSPS) is 11.8. The first-order valence-corrected chi connectivity index (χ1v) is 15.9. The largest absolute Gasteiger partial charge is 0.456 e. The van der Waals surface area contributed by atoms with Gasteiger partial charge >= 0.3 is 0 Å². The minimum Gasteiger partial charge on any atom is -0.456 e. The van der Waals surface area contributed by atoms with Crippen molar-refractivity contribution < 1.29 is 4.42 Å². The van der Waals surface area contributed by atoms with Crippen LogP contribution in [0.3, 0.4) is 0 Å². The number of hydrogen-bond acceptors (Lipinski definition) is 5. The molecule has 0 spiro atoms. The summed E-state index contributed by atoms with van der Waals surface area (Å²) in [7, 11) is 0. The number of nitrogens with zero attached hydrogens (tertiary/aromatic N) is 5. The number of rotatable bonds is 4. The fourth-order valence-corrected chi connectivity index (χ4v) is 6.93. The van der Waals surface area contributed by atoms with Crippen LogP contribution in [0.5, 0.6) is 0 Å². The molecule has 0 radical (unpaired) electrons. The summed E-state index contributed by atoms with van der Waals surface area (Å²) in [6.07, 6.45) is 3.58. The Labute approximate surface area is 274 Å². The third-order valence-corrected chi connectivity index (χ3v) is 9.12. The molecule has 10 rings (SSSR count). The monoisotopic (exact) mass is 615 g/mol. The average molecular weight is 616 g/mol. The predicted molar refractivity (Wildman–Crippen MR) is 193 cm³/mol. The van der Waals surface area contributed by atoms with E-state index in [2.05, 4.69) is 125 Å². The van der Waals surface area contributed by atoms with E-state index in [1.54, 1.807) is 6.20 Å². The van der Waals surface area contributed by atoms with Gasteiger partial charge in [0.1, 0.15) is 11.2 Å². The Morgan fingerprint density at radius 2 is 1.17 bits per heavy atom. The first-order chi connectivity index (χ1) is 23.8. The molecule has 4 heterocycles. The lowest BCUT2D eigenvalue weighted by Gasteiger charge is -2.12. The van der Waals surface area contributed by atoms with Crippen LogP contribution in [0.25, 0.3) is 94.4 Å². The van der Waals surface area contributed by atoms with Crippen LogP contribution in [0.1, 0.15) is 0 Å². The van der Waals surface area contributed by atoms with E-state index in [1.165, 1.54) is 10.8 Å². The van der Waals surface area contributed by atoms with Gasteiger partial charge in [0.15, 0.2) is 17.5 Å². The van der Waals surface area contributed by atoms with Gasteiger partial charge < -0.3 is 8.98 Å². The molecule has 0 saturated heterocycles. The van der Waals surface area contributed by atoms with E-state index in [0.717, 1.165) is 66.1 Å². The van der Waals surface area contributed by atoms with E-state index in [-0.39, 0.29) is 0 Å². The lowest BCUT2D eigenvalue weighted by Crippen LogP contribution is -2.01. The molecule has 10 aromatic rings. The van der Waals surface area contributed by atoms with Gasteiger partial charge in [-0.15, -0.1) is 0 Å². The topological polar surface area (TPSA) is 69.6 Å². The summed E-state index contributed by atoms with van der Waals surface area (Å²) in [4.78, 5) is 19.8. The number of para-hydroxylation sites is 2. The molecule has 6 heteroatoms. The number of fused-ring (bicyclic) bond motifs is 7. The fraction of sp³-hybridized carbons (Fsp3) is 0. The van der Waals surface area contributed by atoms with Crippen molar-refractivity contribution in [3.8, 4) is 39.9 Å². The molecule has 6 nitrogen and oxygen atoms in total. The van der Waals surface area contributed by atoms with Crippen molar-refractivity contribution in [2.75, 3.05) is 0 Å². The summed E-state index contributed by atoms with van der Waals surface area (Å²) < 4.78 is 8.52.